The lowest BCUT2D eigenvalue weighted by Crippen LogP contribution is -2.52. The standard InChI is InChI=1S/C27H32F2N4O4/c28-27(29)13-11-19(12-14-27)9-10-22(34)18-32-26(37)33-23(16-20-6-2-1-3-7-20)24(35)25(36)31-17-21-8-4-5-15-30-21/h1-8,15,19,23H,9-14,16-18H2,(H,31,36)(H2,32,33,37)/t23-/m1/s1. The van der Waals surface area contributed by atoms with E-state index in [4.69, 9.17) is 0 Å². The van der Waals surface area contributed by atoms with Gasteiger partial charge in [0.15, 0.2) is 5.78 Å². The van der Waals surface area contributed by atoms with Crippen molar-refractivity contribution in [3.8, 4) is 0 Å². The maximum atomic E-state index is 13.3. The van der Waals surface area contributed by atoms with Crippen LogP contribution in [0.2, 0.25) is 0 Å². The number of rotatable bonds is 12. The van der Waals surface area contributed by atoms with E-state index in [0.717, 1.165) is 5.56 Å². The number of nitrogens with zero attached hydrogens (tertiary/aromatic N) is 1. The van der Waals surface area contributed by atoms with E-state index in [1.54, 1.807) is 48.7 Å². The third-order valence-corrected chi connectivity index (χ3v) is 6.40. The van der Waals surface area contributed by atoms with Crippen molar-refractivity contribution >= 4 is 23.5 Å². The van der Waals surface area contributed by atoms with Crippen molar-refractivity contribution in [3.63, 3.8) is 0 Å². The Morgan fingerprint density at radius 1 is 0.973 bits per heavy atom. The largest absolute Gasteiger partial charge is 0.344 e. The monoisotopic (exact) mass is 514 g/mol. The van der Waals surface area contributed by atoms with E-state index in [0.29, 0.717) is 25.0 Å². The number of hydrogen-bond acceptors (Lipinski definition) is 5. The van der Waals surface area contributed by atoms with Crippen molar-refractivity contribution in [3.05, 3.63) is 66.0 Å². The van der Waals surface area contributed by atoms with Crippen LogP contribution in [-0.2, 0) is 27.3 Å². The third kappa shape index (κ3) is 9.70. The topological polar surface area (TPSA) is 117 Å². The molecule has 1 aromatic heterocycles. The van der Waals surface area contributed by atoms with Gasteiger partial charge in [-0.3, -0.25) is 19.4 Å². The molecule has 1 atom stereocenters. The molecule has 1 aliphatic rings. The molecular weight excluding hydrogens is 482 g/mol. The highest BCUT2D eigenvalue weighted by Crippen LogP contribution is 2.37. The van der Waals surface area contributed by atoms with Gasteiger partial charge in [-0.05, 0) is 42.9 Å². The third-order valence-electron chi connectivity index (χ3n) is 6.40. The highest BCUT2D eigenvalue weighted by molar-refractivity contribution is 6.38. The summed E-state index contributed by atoms with van der Waals surface area (Å²) in [5.74, 6) is -4.44. The minimum atomic E-state index is -2.61. The van der Waals surface area contributed by atoms with Gasteiger partial charge in [-0.15, -0.1) is 0 Å². The molecule has 3 amide bonds. The van der Waals surface area contributed by atoms with Gasteiger partial charge in [0.2, 0.25) is 11.7 Å². The first-order valence-corrected chi connectivity index (χ1v) is 12.4. The number of urea groups is 1. The molecule has 1 fully saturated rings. The number of carbonyl (C=O) groups excluding carboxylic acids is 4. The summed E-state index contributed by atoms with van der Waals surface area (Å²) >= 11 is 0. The number of carbonyl (C=O) groups is 4. The smallest absolute Gasteiger partial charge is 0.315 e. The predicted molar refractivity (Wildman–Crippen MR) is 133 cm³/mol. The Bertz CT molecular complexity index is 1060. The minimum absolute atomic E-state index is 0.0583. The molecule has 0 radical (unpaired) electrons. The van der Waals surface area contributed by atoms with Crippen LogP contribution in [0.25, 0.3) is 0 Å². The molecule has 1 aliphatic carbocycles. The maximum absolute atomic E-state index is 13.3. The van der Waals surface area contributed by atoms with Crippen LogP contribution in [0.5, 0.6) is 0 Å². The van der Waals surface area contributed by atoms with Crippen LogP contribution >= 0.6 is 0 Å². The Hall–Kier alpha value is -3.69. The van der Waals surface area contributed by atoms with Crippen LogP contribution in [0.4, 0.5) is 13.6 Å². The molecule has 37 heavy (non-hydrogen) atoms. The number of nitrogens with one attached hydrogen (secondary N) is 3. The van der Waals surface area contributed by atoms with Crippen molar-refractivity contribution in [1.29, 1.82) is 0 Å². The molecule has 8 nitrogen and oxygen atoms in total. The normalized spacial score (nSPS) is 15.8. The van der Waals surface area contributed by atoms with E-state index < -0.39 is 29.7 Å². The van der Waals surface area contributed by atoms with Gasteiger partial charge < -0.3 is 16.0 Å². The van der Waals surface area contributed by atoms with E-state index in [9.17, 15) is 28.0 Å². The maximum Gasteiger partial charge on any atom is 0.315 e. The number of halogens is 2. The van der Waals surface area contributed by atoms with Crippen LogP contribution in [0, 0.1) is 5.92 Å². The van der Waals surface area contributed by atoms with Crippen molar-refractivity contribution in [2.45, 2.75) is 63.5 Å². The van der Waals surface area contributed by atoms with Gasteiger partial charge in [-0.1, -0.05) is 36.4 Å². The number of aromatic nitrogens is 1. The molecular formula is C27H32F2N4O4. The zero-order valence-corrected chi connectivity index (χ0v) is 20.6. The molecule has 0 saturated heterocycles. The van der Waals surface area contributed by atoms with Crippen LogP contribution in [0.15, 0.2) is 54.7 Å². The van der Waals surface area contributed by atoms with Gasteiger partial charge >= 0.3 is 6.03 Å². The van der Waals surface area contributed by atoms with E-state index >= 15 is 0 Å². The first kappa shape index (κ1) is 27.9. The first-order valence-electron chi connectivity index (χ1n) is 12.4. The van der Waals surface area contributed by atoms with Crippen LogP contribution < -0.4 is 16.0 Å². The summed E-state index contributed by atoms with van der Waals surface area (Å²) in [4.78, 5) is 54.2. The van der Waals surface area contributed by atoms with Crippen molar-refractivity contribution in [2.75, 3.05) is 6.54 Å². The number of pyridine rings is 1. The number of hydrogen-bond donors (Lipinski definition) is 3. The first-order chi connectivity index (χ1) is 17.7. The van der Waals surface area contributed by atoms with E-state index in [-0.39, 0.29) is 50.5 Å². The van der Waals surface area contributed by atoms with Crippen molar-refractivity contribution in [2.24, 2.45) is 5.92 Å². The SMILES string of the molecule is O=C(CCC1CCC(F)(F)CC1)CNC(=O)N[C@H](Cc1ccccc1)C(=O)C(=O)NCc1ccccn1. The van der Waals surface area contributed by atoms with Gasteiger partial charge in [0.05, 0.1) is 18.8 Å². The number of amides is 3. The lowest BCUT2D eigenvalue weighted by atomic mass is 9.83. The van der Waals surface area contributed by atoms with Gasteiger partial charge in [0.25, 0.3) is 5.91 Å². The lowest BCUT2D eigenvalue weighted by Gasteiger charge is -2.28. The van der Waals surface area contributed by atoms with Gasteiger partial charge in [-0.25, -0.2) is 13.6 Å². The molecule has 0 unspecified atom stereocenters. The van der Waals surface area contributed by atoms with E-state index in [1.807, 2.05) is 6.07 Å². The van der Waals surface area contributed by atoms with Crippen molar-refractivity contribution < 1.29 is 28.0 Å². The molecule has 3 N–H and O–H groups in total. The summed E-state index contributed by atoms with van der Waals surface area (Å²) in [5, 5.41) is 7.46. The van der Waals surface area contributed by atoms with Gasteiger partial charge in [0, 0.05) is 31.9 Å². The molecule has 3 rings (SSSR count). The molecule has 1 aromatic carbocycles. The molecule has 0 bridgehead atoms. The summed E-state index contributed by atoms with van der Waals surface area (Å²) in [5.41, 5.74) is 1.32. The van der Waals surface area contributed by atoms with E-state index in [2.05, 4.69) is 20.9 Å². The number of ketones is 2. The van der Waals surface area contributed by atoms with Crippen LogP contribution in [-0.4, -0.2) is 47.0 Å². The average Bonchev–Trinajstić information content (AvgIpc) is 2.90. The second kappa shape index (κ2) is 13.6. The Labute approximate surface area is 214 Å². The number of alkyl halides is 2. The second-order valence-corrected chi connectivity index (χ2v) is 9.31. The van der Waals surface area contributed by atoms with Crippen LogP contribution in [0.1, 0.15) is 49.8 Å². The Balaban J connectivity index is 1.49. The predicted octanol–water partition coefficient (Wildman–Crippen LogP) is 3.35. The fourth-order valence-electron chi connectivity index (χ4n) is 4.21. The fourth-order valence-corrected chi connectivity index (χ4v) is 4.21. The molecule has 0 spiro atoms. The Kier molecular flexibility index (Phi) is 10.2. The molecule has 1 heterocycles. The summed E-state index contributed by atoms with van der Waals surface area (Å²) in [7, 11) is 0. The molecule has 198 valence electrons. The molecule has 10 heteroatoms. The molecule has 1 saturated carbocycles. The average molecular weight is 515 g/mol. The lowest BCUT2D eigenvalue weighted by molar-refractivity contribution is -0.139. The highest BCUT2D eigenvalue weighted by atomic mass is 19.3. The number of benzene rings is 1. The Morgan fingerprint density at radius 3 is 2.35 bits per heavy atom. The fraction of sp³-hybridized carbons (Fsp3) is 0.444. The summed E-state index contributed by atoms with van der Waals surface area (Å²) in [6.07, 6.45) is 2.81. The van der Waals surface area contributed by atoms with Crippen molar-refractivity contribution in [1.82, 2.24) is 20.9 Å². The van der Waals surface area contributed by atoms with E-state index in [1.165, 1.54) is 0 Å². The summed E-state index contributed by atoms with van der Waals surface area (Å²) in [6, 6.07) is 12.2. The number of Topliss-reactive ketones (excluding diaryl/α,β-unsaturated/α-hetero) is 2. The molecule has 0 aliphatic heterocycles. The quantitative estimate of drug-likeness (QED) is 0.376. The van der Waals surface area contributed by atoms with Gasteiger partial charge in [-0.2, -0.15) is 0 Å². The zero-order valence-electron chi connectivity index (χ0n) is 20.6. The molecule has 2 aromatic rings. The highest BCUT2D eigenvalue weighted by Gasteiger charge is 2.34. The second-order valence-electron chi connectivity index (χ2n) is 9.31. The van der Waals surface area contributed by atoms with Gasteiger partial charge in [0.1, 0.15) is 6.04 Å². The summed E-state index contributed by atoms with van der Waals surface area (Å²) in [6.45, 7) is -0.199. The summed E-state index contributed by atoms with van der Waals surface area (Å²) < 4.78 is 26.6. The van der Waals surface area contributed by atoms with Crippen LogP contribution in [0.3, 0.4) is 0 Å². The minimum Gasteiger partial charge on any atom is -0.344 e. The Morgan fingerprint density at radius 2 is 1.68 bits per heavy atom. The zero-order chi connectivity index (χ0) is 26.7.